The molecule has 0 fully saturated rings. The van der Waals surface area contributed by atoms with Crippen molar-refractivity contribution in [2.45, 2.75) is 26.4 Å². The summed E-state index contributed by atoms with van der Waals surface area (Å²) >= 11 is 0. The van der Waals surface area contributed by atoms with E-state index in [1.807, 2.05) is 31.2 Å². The first-order chi connectivity index (χ1) is 15.7. The SMILES string of the molecule is COC(=O)CCn1c(=O)nc(Nc2cc(C(=O)OC)n(C)c2)n(Cc2ccc(C)cc2)c1=O. The van der Waals surface area contributed by atoms with Crippen LogP contribution in [0.5, 0.6) is 0 Å². The normalized spacial score (nSPS) is 10.7. The molecule has 11 nitrogen and oxygen atoms in total. The zero-order valence-electron chi connectivity index (χ0n) is 18.8. The van der Waals surface area contributed by atoms with Gasteiger partial charge in [-0.05, 0) is 18.6 Å². The van der Waals surface area contributed by atoms with Crippen molar-refractivity contribution in [3.8, 4) is 0 Å². The van der Waals surface area contributed by atoms with E-state index >= 15 is 0 Å². The molecule has 0 aliphatic carbocycles. The van der Waals surface area contributed by atoms with E-state index in [9.17, 15) is 19.2 Å². The van der Waals surface area contributed by atoms with Gasteiger partial charge in [0.15, 0.2) is 0 Å². The van der Waals surface area contributed by atoms with Crippen molar-refractivity contribution in [2.24, 2.45) is 7.05 Å². The fraction of sp³-hybridized carbons (Fsp3) is 0.318. The van der Waals surface area contributed by atoms with Crippen molar-refractivity contribution in [3.63, 3.8) is 0 Å². The van der Waals surface area contributed by atoms with Crippen LogP contribution in [0.2, 0.25) is 0 Å². The van der Waals surface area contributed by atoms with Crippen molar-refractivity contribution < 1.29 is 19.1 Å². The van der Waals surface area contributed by atoms with Crippen molar-refractivity contribution in [1.29, 1.82) is 0 Å². The lowest BCUT2D eigenvalue weighted by Crippen LogP contribution is -2.43. The second-order valence-corrected chi connectivity index (χ2v) is 7.39. The van der Waals surface area contributed by atoms with Gasteiger partial charge in [-0.1, -0.05) is 29.8 Å². The number of carbonyl (C=O) groups is 2. The maximum atomic E-state index is 13.2. The first-order valence-electron chi connectivity index (χ1n) is 10.1. The molecule has 3 aromatic rings. The highest BCUT2D eigenvalue weighted by Gasteiger charge is 2.17. The molecule has 0 aliphatic rings. The Morgan fingerprint density at radius 1 is 1.06 bits per heavy atom. The van der Waals surface area contributed by atoms with E-state index in [0.29, 0.717) is 5.69 Å². The lowest BCUT2D eigenvalue weighted by Gasteiger charge is -2.15. The first-order valence-corrected chi connectivity index (χ1v) is 10.1. The van der Waals surface area contributed by atoms with Gasteiger partial charge >= 0.3 is 23.3 Å². The molecule has 0 radical (unpaired) electrons. The molecule has 1 aromatic carbocycles. The zero-order chi connectivity index (χ0) is 24.1. The Hall–Kier alpha value is -4.15. The molecule has 0 bridgehead atoms. The second kappa shape index (κ2) is 9.98. The number of anilines is 2. The fourth-order valence-corrected chi connectivity index (χ4v) is 3.21. The predicted octanol–water partition coefficient (Wildman–Crippen LogP) is 1.19. The van der Waals surface area contributed by atoms with Crippen LogP contribution in [0, 0.1) is 6.92 Å². The lowest BCUT2D eigenvalue weighted by molar-refractivity contribution is -0.140. The number of ether oxygens (including phenoxy) is 2. The maximum Gasteiger partial charge on any atom is 0.354 e. The molecule has 2 heterocycles. The van der Waals surface area contributed by atoms with E-state index < -0.39 is 23.3 Å². The molecule has 3 rings (SSSR count). The minimum absolute atomic E-state index is 0.00177. The number of aromatic nitrogens is 4. The molecule has 11 heteroatoms. The number of nitrogens with zero attached hydrogens (tertiary/aromatic N) is 4. The van der Waals surface area contributed by atoms with Gasteiger partial charge in [-0.15, -0.1) is 0 Å². The minimum Gasteiger partial charge on any atom is -0.469 e. The van der Waals surface area contributed by atoms with Crippen LogP contribution in [0.3, 0.4) is 0 Å². The number of aryl methyl sites for hydroxylation is 2. The van der Waals surface area contributed by atoms with Gasteiger partial charge in [-0.3, -0.25) is 9.36 Å². The Bertz CT molecular complexity index is 1290. The summed E-state index contributed by atoms with van der Waals surface area (Å²) in [6, 6.07) is 9.08. The van der Waals surface area contributed by atoms with Gasteiger partial charge in [-0.2, -0.15) is 4.98 Å². The average Bonchev–Trinajstić information content (AvgIpc) is 3.16. The summed E-state index contributed by atoms with van der Waals surface area (Å²) < 4.78 is 13.1. The van der Waals surface area contributed by atoms with Crippen LogP contribution in [0.4, 0.5) is 11.6 Å². The van der Waals surface area contributed by atoms with Crippen molar-refractivity contribution >= 4 is 23.6 Å². The monoisotopic (exact) mass is 455 g/mol. The molecule has 0 spiro atoms. The minimum atomic E-state index is -0.810. The number of nitrogens with one attached hydrogen (secondary N) is 1. The standard InChI is InChI=1S/C22H25N5O6/c1-14-5-7-15(8-6-14)12-27-20(23-16-11-17(19(29)33-4)25(2)13-16)24-21(30)26(22(27)31)10-9-18(28)32-3/h5-8,11,13H,9-10,12H2,1-4H3,(H,23,24,30). The third-order valence-corrected chi connectivity index (χ3v) is 5.03. The van der Waals surface area contributed by atoms with E-state index in [0.717, 1.165) is 15.7 Å². The largest absolute Gasteiger partial charge is 0.469 e. The highest BCUT2D eigenvalue weighted by Crippen LogP contribution is 2.18. The van der Waals surface area contributed by atoms with Gasteiger partial charge < -0.3 is 19.4 Å². The van der Waals surface area contributed by atoms with Crippen molar-refractivity contribution in [3.05, 3.63) is 74.3 Å². The Morgan fingerprint density at radius 3 is 2.39 bits per heavy atom. The van der Waals surface area contributed by atoms with E-state index in [2.05, 4.69) is 15.0 Å². The summed E-state index contributed by atoms with van der Waals surface area (Å²) in [4.78, 5) is 53.3. The number of hydrogen-bond acceptors (Lipinski definition) is 8. The van der Waals surface area contributed by atoms with Gasteiger partial charge in [0.25, 0.3) is 0 Å². The molecule has 2 aromatic heterocycles. The van der Waals surface area contributed by atoms with Crippen LogP contribution in [0.1, 0.15) is 28.0 Å². The van der Waals surface area contributed by atoms with Crippen LogP contribution >= 0.6 is 0 Å². The third kappa shape index (κ3) is 5.37. The van der Waals surface area contributed by atoms with Gasteiger partial charge in [0.2, 0.25) is 5.95 Å². The van der Waals surface area contributed by atoms with E-state index in [4.69, 9.17) is 4.74 Å². The number of methoxy groups -OCH3 is 2. The number of carbonyl (C=O) groups excluding carboxylic acids is 2. The number of hydrogen-bond donors (Lipinski definition) is 1. The molecule has 1 N–H and O–H groups in total. The molecular weight excluding hydrogens is 430 g/mol. The lowest BCUT2D eigenvalue weighted by atomic mass is 10.1. The summed E-state index contributed by atoms with van der Waals surface area (Å²) in [5, 5.41) is 2.95. The Morgan fingerprint density at radius 2 is 1.76 bits per heavy atom. The summed E-state index contributed by atoms with van der Waals surface area (Å²) in [6.45, 7) is 1.92. The zero-order valence-corrected chi connectivity index (χ0v) is 18.8. The number of esters is 2. The van der Waals surface area contributed by atoms with Gasteiger partial charge in [0.1, 0.15) is 5.69 Å². The summed E-state index contributed by atoms with van der Waals surface area (Å²) in [5.41, 5.74) is 1.15. The average molecular weight is 455 g/mol. The summed E-state index contributed by atoms with van der Waals surface area (Å²) in [7, 11) is 4.17. The summed E-state index contributed by atoms with van der Waals surface area (Å²) in [6.07, 6.45) is 1.46. The molecule has 0 saturated heterocycles. The highest BCUT2D eigenvalue weighted by molar-refractivity contribution is 5.89. The van der Waals surface area contributed by atoms with Crippen LogP contribution in [-0.4, -0.2) is 44.8 Å². The molecule has 0 amide bonds. The predicted molar refractivity (Wildman–Crippen MR) is 120 cm³/mol. The van der Waals surface area contributed by atoms with E-state index in [1.54, 1.807) is 17.8 Å². The Labute approximate surface area is 189 Å². The maximum absolute atomic E-state index is 13.2. The third-order valence-electron chi connectivity index (χ3n) is 5.03. The molecule has 33 heavy (non-hydrogen) atoms. The topological polar surface area (TPSA) is 126 Å². The molecule has 0 unspecified atom stereocenters. The van der Waals surface area contributed by atoms with Crippen LogP contribution in [0.25, 0.3) is 0 Å². The van der Waals surface area contributed by atoms with Crippen LogP contribution in [0.15, 0.2) is 46.1 Å². The van der Waals surface area contributed by atoms with E-state index in [1.165, 1.54) is 24.9 Å². The fourth-order valence-electron chi connectivity index (χ4n) is 3.21. The molecular formula is C22H25N5O6. The first kappa shape index (κ1) is 23.5. The molecule has 0 aliphatic heterocycles. The van der Waals surface area contributed by atoms with Crippen LogP contribution < -0.4 is 16.7 Å². The number of benzene rings is 1. The van der Waals surface area contributed by atoms with Gasteiger partial charge in [0, 0.05) is 19.8 Å². The Balaban J connectivity index is 2.05. The van der Waals surface area contributed by atoms with Crippen molar-refractivity contribution in [2.75, 3.05) is 19.5 Å². The molecule has 0 saturated carbocycles. The second-order valence-electron chi connectivity index (χ2n) is 7.39. The molecule has 174 valence electrons. The van der Waals surface area contributed by atoms with Crippen molar-refractivity contribution in [1.82, 2.24) is 18.7 Å². The quantitative estimate of drug-likeness (QED) is 0.502. The molecule has 0 atom stereocenters. The Kier molecular flexibility index (Phi) is 7.11. The summed E-state index contributed by atoms with van der Waals surface area (Å²) in [5.74, 6) is -1.08. The van der Waals surface area contributed by atoms with E-state index in [-0.39, 0.29) is 31.2 Å². The van der Waals surface area contributed by atoms with Crippen LogP contribution in [-0.2, 0) is 34.4 Å². The smallest absolute Gasteiger partial charge is 0.354 e. The highest BCUT2D eigenvalue weighted by atomic mass is 16.5. The van der Waals surface area contributed by atoms with Gasteiger partial charge in [-0.25, -0.2) is 19.0 Å². The van der Waals surface area contributed by atoms with Gasteiger partial charge in [0.05, 0.1) is 32.9 Å². The number of rotatable bonds is 8.